The number of hydrogen-bond acceptors (Lipinski definition) is 4. The van der Waals surface area contributed by atoms with Crippen molar-refractivity contribution in [2.75, 3.05) is 26.4 Å². The SMILES string of the molecule is C(OCC1CO1)C1CO1.O=C1CCc2ccccc21. The second-order valence-electron chi connectivity index (χ2n) is 5.03. The Morgan fingerprint density at radius 1 is 1.05 bits per heavy atom. The van der Waals surface area contributed by atoms with E-state index in [1.165, 1.54) is 5.56 Å². The van der Waals surface area contributed by atoms with E-state index >= 15 is 0 Å². The second-order valence-corrected chi connectivity index (χ2v) is 5.03. The molecular formula is C15H18O4. The lowest BCUT2D eigenvalue weighted by Gasteiger charge is -1.95. The van der Waals surface area contributed by atoms with Crippen LogP contribution in [0.4, 0.5) is 0 Å². The van der Waals surface area contributed by atoms with Crippen molar-refractivity contribution >= 4 is 5.78 Å². The molecule has 2 unspecified atom stereocenters. The summed E-state index contributed by atoms with van der Waals surface area (Å²) in [5, 5.41) is 0. The molecule has 0 spiro atoms. The molecule has 0 bridgehead atoms. The highest BCUT2D eigenvalue weighted by atomic mass is 16.6. The maximum Gasteiger partial charge on any atom is 0.163 e. The van der Waals surface area contributed by atoms with Crippen molar-refractivity contribution in [1.29, 1.82) is 0 Å². The molecule has 0 N–H and O–H groups in total. The number of ketones is 1. The van der Waals surface area contributed by atoms with E-state index in [4.69, 9.17) is 14.2 Å². The Labute approximate surface area is 112 Å². The molecule has 19 heavy (non-hydrogen) atoms. The first kappa shape index (κ1) is 12.8. The molecule has 1 aromatic rings. The molecule has 2 aliphatic heterocycles. The van der Waals surface area contributed by atoms with Crippen molar-refractivity contribution in [2.24, 2.45) is 0 Å². The minimum Gasteiger partial charge on any atom is -0.376 e. The van der Waals surface area contributed by atoms with Crippen LogP contribution in [0.1, 0.15) is 22.3 Å². The maximum atomic E-state index is 11.1. The zero-order valence-corrected chi connectivity index (χ0v) is 10.8. The van der Waals surface area contributed by atoms with Crippen molar-refractivity contribution in [3.63, 3.8) is 0 Å². The molecule has 102 valence electrons. The zero-order chi connectivity index (χ0) is 13.1. The summed E-state index contributed by atoms with van der Waals surface area (Å²) in [6.45, 7) is 3.26. The fourth-order valence-corrected chi connectivity index (χ4v) is 2.05. The topological polar surface area (TPSA) is 51.4 Å². The number of benzene rings is 1. The average molecular weight is 262 g/mol. The largest absolute Gasteiger partial charge is 0.376 e. The number of aryl methyl sites for hydroxylation is 1. The van der Waals surface area contributed by atoms with Crippen LogP contribution in [-0.2, 0) is 20.6 Å². The van der Waals surface area contributed by atoms with Crippen molar-refractivity contribution in [1.82, 2.24) is 0 Å². The van der Waals surface area contributed by atoms with Gasteiger partial charge in [0, 0.05) is 12.0 Å². The van der Waals surface area contributed by atoms with Crippen LogP contribution in [0, 0.1) is 0 Å². The highest BCUT2D eigenvalue weighted by Crippen LogP contribution is 2.20. The van der Waals surface area contributed by atoms with E-state index in [1.807, 2.05) is 24.3 Å². The van der Waals surface area contributed by atoms with Gasteiger partial charge in [0.15, 0.2) is 5.78 Å². The Hall–Kier alpha value is -1.23. The number of hydrogen-bond donors (Lipinski definition) is 0. The predicted octanol–water partition coefficient (Wildman–Crippen LogP) is 1.62. The fraction of sp³-hybridized carbons (Fsp3) is 0.533. The van der Waals surface area contributed by atoms with Gasteiger partial charge in [-0.15, -0.1) is 0 Å². The third kappa shape index (κ3) is 3.86. The van der Waals surface area contributed by atoms with E-state index in [-0.39, 0.29) is 0 Å². The van der Waals surface area contributed by atoms with Gasteiger partial charge in [-0.3, -0.25) is 4.79 Å². The number of fused-ring (bicyclic) bond motifs is 1. The molecule has 2 heterocycles. The summed E-state index contributed by atoms with van der Waals surface area (Å²) in [6.07, 6.45) is 2.43. The number of carbonyl (C=O) groups is 1. The Kier molecular flexibility index (Phi) is 3.92. The molecule has 2 atom stereocenters. The van der Waals surface area contributed by atoms with Gasteiger partial charge < -0.3 is 14.2 Å². The molecular weight excluding hydrogens is 244 g/mol. The van der Waals surface area contributed by atoms with Gasteiger partial charge in [0.25, 0.3) is 0 Å². The van der Waals surface area contributed by atoms with Gasteiger partial charge in [-0.05, 0) is 12.0 Å². The molecule has 4 heteroatoms. The Bertz CT molecular complexity index is 437. The summed E-state index contributed by atoms with van der Waals surface area (Å²) >= 11 is 0. The number of rotatable bonds is 4. The Balaban J connectivity index is 0.000000117. The quantitative estimate of drug-likeness (QED) is 0.774. The van der Waals surface area contributed by atoms with E-state index in [9.17, 15) is 4.79 Å². The van der Waals surface area contributed by atoms with E-state index in [1.54, 1.807) is 0 Å². The molecule has 1 aromatic carbocycles. The van der Waals surface area contributed by atoms with Crippen LogP contribution in [0.15, 0.2) is 24.3 Å². The minimum absolute atomic E-state index is 0.301. The minimum atomic E-state index is 0.301. The van der Waals surface area contributed by atoms with Crippen LogP contribution in [0.2, 0.25) is 0 Å². The third-order valence-corrected chi connectivity index (χ3v) is 3.35. The Morgan fingerprint density at radius 2 is 1.68 bits per heavy atom. The van der Waals surface area contributed by atoms with Gasteiger partial charge in [-0.1, -0.05) is 24.3 Å². The van der Waals surface area contributed by atoms with E-state index in [2.05, 4.69) is 0 Å². The summed E-state index contributed by atoms with van der Waals surface area (Å²) in [4.78, 5) is 11.1. The first-order chi connectivity index (χ1) is 9.33. The number of ether oxygens (including phenoxy) is 3. The van der Waals surface area contributed by atoms with Crippen LogP contribution in [0.25, 0.3) is 0 Å². The molecule has 3 aliphatic rings. The molecule has 0 aromatic heterocycles. The summed E-state index contributed by atoms with van der Waals surface area (Å²) in [6, 6.07) is 7.84. The molecule has 2 saturated heterocycles. The maximum absolute atomic E-state index is 11.1. The van der Waals surface area contributed by atoms with E-state index in [0.717, 1.165) is 38.4 Å². The summed E-state index contributed by atoms with van der Waals surface area (Å²) in [7, 11) is 0. The smallest absolute Gasteiger partial charge is 0.163 e. The monoisotopic (exact) mass is 262 g/mol. The normalized spacial score (nSPS) is 26.4. The summed E-state index contributed by atoms with van der Waals surface area (Å²) in [5.74, 6) is 0.301. The number of carbonyl (C=O) groups excluding carboxylic acids is 1. The van der Waals surface area contributed by atoms with Gasteiger partial charge in [-0.2, -0.15) is 0 Å². The first-order valence-electron chi connectivity index (χ1n) is 6.75. The second kappa shape index (κ2) is 5.82. The summed E-state index contributed by atoms with van der Waals surface area (Å²) in [5.41, 5.74) is 2.15. The standard InChI is InChI=1S/C9H8O.C6H10O3/c10-9-6-5-7-3-1-2-4-8(7)9;1(5-3-8-5)7-2-6-4-9-6/h1-4H,5-6H2;5-6H,1-4H2. The molecule has 0 saturated carbocycles. The molecule has 1 aliphatic carbocycles. The fourth-order valence-electron chi connectivity index (χ4n) is 2.05. The van der Waals surface area contributed by atoms with E-state index in [0.29, 0.717) is 24.4 Å². The molecule has 0 radical (unpaired) electrons. The molecule has 2 fully saturated rings. The predicted molar refractivity (Wildman–Crippen MR) is 69.4 cm³/mol. The lowest BCUT2D eigenvalue weighted by Crippen LogP contribution is -2.06. The van der Waals surface area contributed by atoms with Gasteiger partial charge in [0.1, 0.15) is 12.2 Å². The molecule has 0 amide bonds. The van der Waals surface area contributed by atoms with Crippen LogP contribution in [0.5, 0.6) is 0 Å². The van der Waals surface area contributed by atoms with Crippen LogP contribution in [-0.4, -0.2) is 44.4 Å². The Morgan fingerprint density at radius 3 is 2.26 bits per heavy atom. The lowest BCUT2D eigenvalue weighted by molar-refractivity contribution is 0.0994. The van der Waals surface area contributed by atoms with Crippen LogP contribution >= 0.6 is 0 Å². The number of Topliss-reactive ketones (excluding diaryl/α,β-unsaturated/α-hetero) is 1. The van der Waals surface area contributed by atoms with Crippen LogP contribution < -0.4 is 0 Å². The third-order valence-electron chi connectivity index (χ3n) is 3.35. The van der Waals surface area contributed by atoms with Crippen molar-refractivity contribution < 1.29 is 19.0 Å². The van der Waals surface area contributed by atoms with Crippen molar-refractivity contribution in [3.8, 4) is 0 Å². The molecule has 4 rings (SSSR count). The van der Waals surface area contributed by atoms with Gasteiger partial charge in [-0.25, -0.2) is 0 Å². The van der Waals surface area contributed by atoms with Gasteiger partial charge >= 0.3 is 0 Å². The highest BCUT2D eigenvalue weighted by molar-refractivity contribution is 6.00. The van der Waals surface area contributed by atoms with Crippen molar-refractivity contribution in [3.05, 3.63) is 35.4 Å². The van der Waals surface area contributed by atoms with Crippen molar-refractivity contribution in [2.45, 2.75) is 25.0 Å². The van der Waals surface area contributed by atoms with Crippen LogP contribution in [0.3, 0.4) is 0 Å². The highest BCUT2D eigenvalue weighted by Gasteiger charge is 2.26. The zero-order valence-electron chi connectivity index (χ0n) is 10.8. The van der Waals surface area contributed by atoms with Gasteiger partial charge in [0.2, 0.25) is 0 Å². The first-order valence-corrected chi connectivity index (χ1v) is 6.75. The van der Waals surface area contributed by atoms with Gasteiger partial charge in [0.05, 0.1) is 26.4 Å². The van der Waals surface area contributed by atoms with E-state index < -0.39 is 0 Å². The lowest BCUT2D eigenvalue weighted by atomic mass is 10.1. The summed E-state index contributed by atoms with van der Waals surface area (Å²) < 4.78 is 15.1. The molecule has 4 nitrogen and oxygen atoms in total. The average Bonchev–Trinajstić information content (AvgIpc) is 3.34. The number of epoxide rings is 2.